The van der Waals surface area contributed by atoms with E-state index in [0.717, 1.165) is 0 Å². The summed E-state index contributed by atoms with van der Waals surface area (Å²) in [4.78, 5) is 24.1. The Morgan fingerprint density at radius 1 is 1.00 bits per heavy atom. The maximum atomic E-state index is 12.3. The van der Waals surface area contributed by atoms with Gasteiger partial charge in [-0.05, 0) is 31.6 Å². The highest BCUT2D eigenvalue weighted by atomic mass is 16.5. The van der Waals surface area contributed by atoms with Crippen LogP contribution in [0.3, 0.4) is 0 Å². The van der Waals surface area contributed by atoms with Crippen LogP contribution in [0.2, 0.25) is 0 Å². The van der Waals surface area contributed by atoms with Gasteiger partial charge in [0.25, 0.3) is 0 Å². The molecular formula is C17H29NO4. The van der Waals surface area contributed by atoms with Gasteiger partial charge >= 0.3 is 11.9 Å². The minimum Gasteiger partial charge on any atom is -0.466 e. The maximum Gasteiger partial charge on any atom is 0.310 e. The second-order valence-corrected chi connectivity index (χ2v) is 6.09. The molecule has 0 aliphatic heterocycles. The van der Waals surface area contributed by atoms with Crippen molar-refractivity contribution >= 4 is 11.9 Å². The molecule has 126 valence electrons. The molecule has 0 aliphatic carbocycles. The maximum absolute atomic E-state index is 12.3. The van der Waals surface area contributed by atoms with Crippen LogP contribution in [0.15, 0.2) is 0 Å². The number of carbonyl (C=O) groups is 2. The highest BCUT2D eigenvalue weighted by Gasteiger charge is 2.39. The number of hydrogen-bond acceptors (Lipinski definition) is 5. The van der Waals surface area contributed by atoms with E-state index in [1.165, 1.54) is 0 Å². The second kappa shape index (κ2) is 10.2. The molecule has 5 heteroatoms. The van der Waals surface area contributed by atoms with Crippen molar-refractivity contribution in [1.29, 1.82) is 5.26 Å². The molecule has 0 radical (unpaired) electrons. The van der Waals surface area contributed by atoms with Gasteiger partial charge in [-0.1, -0.05) is 27.7 Å². The lowest BCUT2D eigenvalue weighted by Gasteiger charge is -2.32. The predicted octanol–water partition coefficient (Wildman–Crippen LogP) is 3.19. The minimum atomic E-state index is -0.779. The molecule has 0 bridgehead atoms. The van der Waals surface area contributed by atoms with Gasteiger partial charge < -0.3 is 9.47 Å². The Kier molecular flexibility index (Phi) is 9.48. The van der Waals surface area contributed by atoms with Crippen molar-refractivity contribution in [3.63, 3.8) is 0 Å². The molecule has 0 saturated carbocycles. The Hall–Kier alpha value is -1.57. The molecule has 0 rings (SSSR count). The van der Waals surface area contributed by atoms with Crippen LogP contribution < -0.4 is 0 Å². The van der Waals surface area contributed by atoms with E-state index < -0.39 is 23.8 Å². The van der Waals surface area contributed by atoms with Crippen LogP contribution >= 0.6 is 0 Å². The zero-order valence-electron chi connectivity index (χ0n) is 14.6. The molecule has 0 aliphatic rings. The van der Waals surface area contributed by atoms with E-state index in [2.05, 4.69) is 6.07 Å². The third-order valence-electron chi connectivity index (χ3n) is 3.82. The monoisotopic (exact) mass is 311 g/mol. The zero-order chi connectivity index (χ0) is 17.3. The molecule has 0 amide bonds. The van der Waals surface area contributed by atoms with Gasteiger partial charge in [-0.25, -0.2) is 0 Å². The van der Waals surface area contributed by atoms with Gasteiger partial charge in [0.2, 0.25) is 0 Å². The first kappa shape index (κ1) is 20.4. The quantitative estimate of drug-likeness (QED) is 0.611. The van der Waals surface area contributed by atoms with Gasteiger partial charge in [-0.15, -0.1) is 0 Å². The molecule has 0 saturated heterocycles. The van der Waals surface area contributed by atoms with Crippen molar-refractivity contribution < 1.29 is 19.1 Å². The summed E-state index contributed by atoms with van der Waals surface area (Å²) in [6.45, 7) is 12.0. The van der Waals surface area contributed by atoms with Crippen LogP contribution in [0.5, 0.6) is 0 Å². The van der Waals surface area contributed by atoms with Crippen LogP contribution in [0, 0.1) is 40.9 Å². The fourth-order valence-corrected chi connectivity index (χ4v) is 3.05. The van der Waals surface area contributed by atoms with Crippen molar-refractivity contribution in [3.05, 3.63) is 0 Å². The lowest BCUT2D eigenvalue weighted by Crippen LogP contribution is -2.36. The highest BCUT2D eigenvalue weighted by Crippen LogP contribution is 2.35. The predicted molar refractivity (Wildman–Crippen MR) is 83.6 cm³/mol. The fourth-order valence-electron chi connectivity index (χ4n) is 3.05. The molecule has 2 unspecified atom stereocenters. The van der Waals surface area contributed by atoms with Crippen LogP contribution in [0.4, 0.5) is 0 Å². The third-order valence-corrected chi connectivity index (χ3v) is 3.82. The molecule has 0 aromatic heterocycles. The van der Waals surface area contributed by atoms with E-state index in [1.54, 1.807) is 13.8 Å². The molecule has 0 heterocycles. The molecule has 2 atom stereocenters. The van der Waals surface area contributed by atoms with Gasteiger partial charge in [-0.3, -0.25) is 9.59 Å². The van der Waals surface area contributed by atoms with Gasteiger partial charge in [0, 0.05) is 0 Å². The van der Waals surface area contributed by atoms with Crippen LogP contribution in [0.1, 0.15) is 48.0 Å². The number of nitriles is 1. The van der Waals surface area contributed by atoms with Crippen molar-refractivity contribution in [1.82, 2.24) is 0 Å². The van der Waals surface area contributed by atoms with Crippen molar-refractivity contribution in [2.45, 2.75) is 48.0 Å². The summed E-state index contributed by atoms with van der Waals surface area (Å²) in [5.41, 5.74) is 0. The number of ether oxygens (including phenoxy) is 2. The molecule has 0 fully saturated rings. The van der Waals surface area contributed by atoms with Crippen molar-refractivity contribution in [2.75, 3.05) is 13.2 Å². The average molecular weight is 311 g/mol. The number of carbonyl (C=O) groups excluding carboxylic acids is 2. The molecule has 0 spiro atoms. The molecular weight excluding hydrogens is 282 g/mol. The largest absolute Gasteiger partial charge is 0.466 e. The Bertz CT molecular complexity index is 390. The van der Waals surface area contributed by atoms with Crippen LogP contribution in [-0.4, -0.2) is 25.2 Å². The number of hydrogen-bond donors (Lipinski definition) is 0. The van der Waals surface area contributed by atoms with Crippen LogP contribution in [-0.2, 0) is 19.1 Å². The SMILES string of the molecule is CCOC(=O)CC(C(=O)OCC)C(C#N)C(C(C)C)C(C)C. The highest BCUT2D eigenvalue weighted by molar-refractivity contribution is 5.80. The average Bonchev–Trinajstić information content (AvgIpc) is 2.41. The Balaban J connectivity index is 5.45. The normalized spacial score (nSPS) is 13.8. The van der Waals surface area contributed by atoms with E-state index in [9.17, 15) is 14.9 Å². The first-order chi connectivity index (χ1) is 10.3. The van der Waals surface area contributed by atoms with Crippen LogP contribution in [0.25, 0.3) is 0 Å². The summed E-state index contributed by atoms with van der Waals surface area (Å²) in [6, 6.07) is 2.24. The van der Waals surface area contributed by atoms with Gasteiger partial charge in [-0.2, -0.15) is 5.26 Å². The van der Waals surface area contributed by atoms with E-state index in [0.29, 0.717) is 0 Å². The lowest BCUT2D eigenvalue weighted by molar-refractivity contribution is -0.157. The first-order valence-corrected chi connectivity index (χ1v) is 8.01. The summed E-state index contributed by atoms with van der Waals surface area (Å²) in [5, 5.41) is 9.61. The first-order valence-electron chi connectivity index (χ1n) is 8.01. The second-order valence-electron chi connectivity index (χ2n) is 6.09. The summed E-state index contributed by atoms with van der Waals surface area (Å²) in [7, 11) is 0. The summed E-state index contributed by atoms with van der Waals surface area (Å²) < 4.78 is 10.0. The molecule has 0 aromatic carbocycles. The van der Waals surface area contributed by atoms with Crippen molar-refractivity contribution in [2.24, 2.45) is 29.6 Å². The van der Waals surface area contributed by atoms with Crippen molar-refractivity contribution in [3.8, 4) is 6.07 Å². The number of nitrogens with zero attached hydrogens (tertiary/aromatic N) is 1. The number of esters is 2. The summed E-state index contributed by atoms with van der Waals surface area (Å²) in [6.07, 6.45) is -0.110. The Labute approximate surface area is 134 Å². The van der Waals surface area contributed by atoms with Gasteiger partial charge in [0.05, 0.1) is 37.5 Å². The van der Waals surface area contributed by atoms with E-state index in [4.69, 9.17) is 9.47 Å². The van der Waals surface area contributed by atoms with Gasteiger partial charge in [0.1, 0.15) is 0 Å². The van der Waals surface area contributed by atoms with E-state index >= 15 is 0 Å². The smallest absolute Gasteiger partial charge is 0.310 e. The Morgan fingerprint density at radius 3 is 1.86 bits per heavy atom. The topological polar surface area (TPSA) is 76.4 Å². The Morgan fingerprint density at radius 2 is 1.50 bits per heavy atom. The summed E-state index contributed by atoms with van der Waals surface area (Å²) in [5.74, 6) is -1.84. The minimum absolute atomic E-state index is 0.00818. The third kappa shape index (κ3) is 6.05. The summed E-state index contributed by atoms with van der Waals surface area (Å²) >= 11 is 0. The van der Waals surface area contributed by atoms with Gasteiger partial charge in [0.15, 0.2) is 0 Å². The molecule has 5 nitrogen and oxygen atoms in total. The zero-order valence-corrected chi connectivity index (χ0v) is 14.6. The lowest BCUT2D eigenvalue weighted by atomic mass is 9.70. The standard InChI is InChI=1S/C17H29NO4/c1-7-21-15(19)9-13(17(20)22-8-2)14(10-18)16(11(3)4)12(5)6/h11-14,16H,7-9H2,1-6H3. The molecule has 22 heavy (non-hydrogen) atoms. The number of rotatable bonds is 9. The molecule has 0 N–H and O–H groups in total. The molecule has 0 aromatic rings. The fraction of sp³-hybridized carbons (Fsp3) is 0.824. The van der Waals surface area contributed by atoms with E-state index in [1.807, 2.05) is 27.7 Å². The van der Waals surface area contributed by atoms with E-state index in [-0.39, 0.29) is 37.4 Å².